The quantitative estimate of drug-likeness (QED) is 0.365. The molecular formula is C17H23N3O7. The fraction of sp³-hybridized carbons (Fsp3) is 0.471. The molecule has 0 aliphatic rings. The Labute approximate surface area is 156 Å². The van der Waals surface area contributed by atoms with Gasteiger partial charge in [-0.25, -0.2) is 0 Å². The van der Waals surface area contributed by atoms with Crippen LogP contribution in [0, 0.1) is 10.1 Å². The molecule has 0 aromatic heterocycles. The number of methoxy groups -OCH3 is 1. The molecule has 10 heteroatoms. The third kappa shape index (κ3) is 6.92. The van der Waals surface area contributed by atoms with Gasteiger partial charge in [-0.05, 0) is 19.1 Å². The molecule has 27 heavy (non-hydrogen) atoms. The van der Waals surface area contributed by atoms with Crippen molar-refractivity contribution < 1.29 is 28.8 Å². The van der Waals surface area contributed by atoms with Gasteiger partial charge in [-0.3, -0.25) is 24.5 Å². The Morgan fingerprint density at radius 1 is 1.26 bits per heavy atom. The number of amides is 2. The predicted molar refractivity (Wildman–Crippen MR) is 95.5 cm³/mol. The zero-order valence-corrected chi connectivity index (χ0v) is 15.5. The molecule has 1 aromatic carbocycles. The molecule has 0 fully saturated rings. The van der Waals surface area contributed by atoms with Crippen LogP contribution >= 0.6 is 0 Å². The molecular weight excluding hydrogens is 358 g/mol. The van der Waals surface area contributed by atoms with Crippen molar-refractivity contribution in [2.45, 2.75) is 20.3 Å². The summed E-state index contributed by atoms with van der Waals surface area (Å²) < 4.78 is 9.77. The Hall–Kier alpha value is -3.17. The molecule has 10 nitrogen and oxygen atoms in total. The average Bonchev–Trinajstić information content (AvgIpc) is 2.63. The van der Waals surface area contributed by atoms with Crippen LogP contribution in [-0.2, 0) is 14.3 Å². The molecule has 0 saturated carbocycles. The number of nitro benzene ring substituents is 1. The monoisotopic (exact) mass is 381 g/mol. The first kappa shape index (κ1) is 21.9. The largest absolute Gasteiger partial charge is 0.490 e. The number of nitrogens with zero attached hydrogens (tertiary/aromatic N) is 2. The second-order valence-electron chi connectivity index (χ2n) is 5.47. The van der Waals surface area contributed by atoms with E-state index in [9.17, 15) is 24.5 Å². The molecule has 148 valence electrons. The topological polar surface area (TPSA) is 128 Å². The van der Waals surface area contributed by atoms with Crippen LogP contribution in [0.1, 0.15) is 30.6 Å². The van der Waals surface area contributed by atoms with Crippen LogP contribution in [0.4, 0.5) is 5.69 Å². The molecule has 0 bridgehead atoms. The summed E-state index contributed by atoms with van der Waals surface area (Å²) in [6.07, 6.45) is -0.0299. The molecule has 1 rings (SSSR count). The van der Waals surface area contributed by atoms with E-state index in [0.29, 0.717) is 0 Å². The molecule has 0 radical (unpaired) electrons. The van der Waals surface area contributed by atoms with Crippen molar-refractivity contribution in [1.29, 1.82) is 0 Å². The van der Waals surface area contributed by atoms with Gasteiger partial charge in [0, 0.05) is 38.2 Å². The Balaban J connectivity index is 2.99. The summed E-state index contributed by atoms with van der Waals surface area (Å²) in [6.45, 7) is 3.62. The van der Waals surface area contributed by atoms with Crippen molar-refractivity contribution in [3.8, 4) is 5.75 Å². The van der Waals surface area contributed by atoms with E-state index in [4.69, 9.17) is 9.47 Å². The van der Waals surface area contributed by atoms with Crippen LogP contribution in [-0.4, -0.2) is 61.0 Å². The Kier molecular flexibility index (Phi) is 8.70. The van der Waals surface area contributed by atoms with Crippen LogP contribution in [0.2, 0.25) is 0 Å². The molecule has 1 N–H and O–H groups in total. The van der Waals surface area contributed by atoms with Gasteiger partial charge >= 0.3 is 11.7 Å². The summed E-state index contributed by atoms with van der Waals surface area (Å²) in [4.78, 5) is 47.2. The minimum absolute atomic E-state index is 0.0299. The highest BCUT2D eigenvalue weighted by molar-refractivity contribution is 5.95. The SMILES string of the molecule is CCOC(=O)CCN(CCNC(C)=O)C(=O)c1ccc(OC)c([N+](=O)[O-])c1. The molecule has 0 atom stereocenters. The molecule has 1 aromatic rings. The van der Waals surface area contributed by atoms with Gasteiger partial charge in [0.1, 0.15) is 0 Å². The summed E-state index contributed by atoms with van der Waals surface area (Å²) >= 11 is 0. The van der Waals surface area contributed by atoms with E-state index < -0.39 is 16.8 Å². The van der Waals surface area contributed by atoms with Gasteiger partial charge in [0.25, 0.3) is 5.91 Å². The lowest BCUT2D eigenvalue weighted by molar-refractivity contribution is -0.385. The van der Waals surface area contributed by atoms with Crippen LogP contribution < -0.4 is 10.1 Å². The molecule has 0 saturated heterocycles. The van der Waals surface area contributed by atoms with Crippen LogP contribution in [0.5, 0.6) is 5.75 Å². The van der Waals surface area contributed by atoms with E-state index >= 15 is 0 Å². The van der Waals surface area contributed by atoms with Crippen molar-refractivity contribution >= 4 is 23.5 Å². The molecule has 0 unspecified atom stereocenters. The summed E-state index contributed by atoms with van der Waals surface area (Å²) in [5, 5.41) is 13.7. The van der Waals surface area contributed by atoms with Gasteiger partial charge < -0.3 is 19.7 Å². The lowest BCUT2D eigenvalue weighted by atomic mass is 10.1. The first-order chi connectivity index (χ1) is 12.8. The number of benzene rings is 1. The maximum Gasteiger partial charge on any atom is 0.311 e. The lowest BCUT2D eigenvalue weighted by Crippen LogP contribution is -2.39. The highest BCUT2D eigenvalue weighted by Crippen LogP contribution is 2.28. The van der Waals surface area contributed by atoms with Crippen LogP contribution in [0.3, 0.4) is 0 Å². The normalized spacial score (nSPS) is 10.0. The smallest absolute Gasteiger partial charge is 0.311 e. The Morgan fingerprint density at radius 3 is 2.52 bits per heavy atom. The van der Waals surface area contributed by atoms with Crippen molar-refractivity contribution in [1.82, 2.24) is 10.2 Å². The number of nitrogens with one attached hydrogen (secondary N) is 1. The van der Waals surface area contributed by atoms with E-state index in [-0.39, 0.29) is 55.6 Å². The number of hydrogen-bond donors (Lipinski definition) is 1. The number of ether oxygens (including phenoxy) is 2. The maximum atomic E-state index is 12.8. The van der Waals surface area contributed by atoms with E-state index in [1.165, 1.54) is 31.1 Å². The zero-order valence-electron chi connectivity index (χ0n) is 15.5. The highest BCUT2D eigenvalue weighted by atomic mass is 16.6. The Bertz CT molecular complexity index is 706. The van der Waals surface area contributed by atoms with Crippen LogP contribution in [0.25, 0.3) is 0 Å². The first-order valence-corrected chi connectivity index (χ1v) is 8.31. The molecule has 0 spiro atoms. The fourth-order valence-corrected chi connectivity index (χ4v) is 2.29. The van der Waals surface area contributed by atoms with Crippen LogP contribution in [0.15, 0.2) is 18.2 Å². The highest BCUT2D eigenvalue weighted by Gasteiger charge is 2.22. The number of carbonyl (C=O) groups is 3. The third-order valence-corrected chi connectivity index (χ3v) is 3.56. The number of carbonyl (C=O) groups excluding carboxylic acids is 3. The van der Waals surface area contributed by atoms with Crippen molar-refractivity contribution in [2.24, 2.45) is 0 Å². The Morgan fingerprint density at radius 2 is 1.96 bits per heavy atom. The van der Waals surface area contributed by atoms with Crippen molar-refractivity contribution in [2.75, 3.05) is 33.4 Å². The lowest BCUT2D eigenvalue weighted by Gasteiger charge is -2.22. The van der Waals surface area contributed by atoms with E-state index in [2.05, 4.69) is 5.32 Å². The summed E-state index contributed by atoms with van der Waals surface area (Å²) in [6, 6.07) is 3.86. The second-order valence-corrected chi connectivity index (χ2v) is 5.47. The second kappa shape index (κ2) is 10.7. The molecule has 2 amide bonds. The van der Waals surface area contributed by atoms with Gasteiger partial charge in [-0.15, -0.1) is 0 Å². The van der Waals surface area contributed by atoms with E-state index in [1.807, 2.05) is 0 Å². The van der Waals surface area contributed by atoms with Gasteiger partial charge in [-0.2, -0.15) is 0 Å². The summed E-state index contributed by atoms with van der Waals surface area (Å²) in [5.41, 5.74) is -0.260. The van der Waals surface area contributed by atoms with Gasteiger partial charge in [0.2, 0.25) is 5.91 Å². The zero-order chi connectivity index (χ0) is 20.4. The molecule has 0 heterocycles. The number of hydrogen-bond acceptors (Lipinski definition) is 7. The third-order valence-electron chi connectivity index (χ3n) is 3.56. The van der Waals surface area contributed by atoms with Gasteiger partial charge in [0.15, 0.2) is 5.75 Å². The number of esters is 1. The molecule has 0 aliphatic heterocycles. The van der Waals surface area contributed by atoms with Gasteiger partial charge in [-0.1, -0.05) is 0 Å². The number of nitro groups is 1. The summed E-state index contributed by atoms with van der Waals surface area (Å²) in [5.74, 6) is -1.19. The predicted octanol–water partition coefficient (Wildman–Crippen LogP) is 1.13. The average molecular weight is 381 g/mol. The van der Waals surface area contributed by atoms with Crippen molar-refractivity contribution in [3.05, 3.63) is 33.9 Å². The van der Waals surface area contributed by atoms with E-state index in [0.717, 1.165) is 6.07 Å². The van der Waals surface area contributed by atoms with E-state index in [1.54, 1.807) is 6.92 Å². The standard InChI is InChI=1S/C17H23N3O7/c1-4-27-16(22)7-9-19(10-8-18-12(2)21)17(23)13-5-6-15(26-3)14(11-13)20(24)25/h5-6,11H,4,7-10H2,1-3H3,(H,18,21). The summed E-state index contributed by atoms with van der Waals surface area (Å²) in [7, 11) is 1.29. The minimum atomic E-state index is -0.643. The van der Waals surface area contributed by atoms with Gasteiger partial charge in [0.05, 0.1) is 25.1 Å². The fourth-order valence-electron chi connectivity index (χ4n) is 2.29. The van der Waals surface area contributed by atoms with Crippen molar-refractivity contribution in [3.63, 3.8) is 0 Å². The molecule has 0 aliphatic carbocycles. The maximum absolute atomic E-state index is 12.8. The number of rotatable bonds is 10. The minimum Gasteiger partial charge on any atom is -0.490 e. The first-order valence-electron chi connectivity index (χ1n) is 8.31.